The van der Waals surface area contributed by atoms with Crippen LogP contribution < -0.4 is 10.2 Å². The summed E-state index contributed by atoms with van der Waals surface area (Å²) in [5, 5.41) is 2.79. The average Bonchev–Trinajstić information content (AvgIpc) is 2.72. The molecular weight excluding hydrogens is 351 g/mol. The Morgan fingerprint density at radius 3 is 2.73 bits per heavy atom. The first-order valence-electron chi connectivity index (χ1n) is 7.23. The smallest absolute Gasteiger partial charge is 0.249 e. The number of nitrogens with one attached hydrogen (secondary N) is 1. The maximum Gasteiger partial charge on any atom is 0.249 e. The number of benzene rings is 1. The molecule has 1 aliphatic rings. The molecule has 1 atom stereocenters. The monoisotopic (exact) mass is 370 g/mol. The van der Waals surface area contributed by atoms with Crippen molar-refractivity contribution in [1.29, 1.82) is 0 Å². The molecule has 1 heterocycles. The van der Waals surface area contributed by atoms with Crippen LogP contribution in [0.2, 0.25) is 0 Å². The minimum Gasteiger partial charge on any atom is -0.344 e. The van der Waals surface area contributed by atoms with E-state index in [-0.39, 0.29) is 23.0 Å². The molecule has 0 saturated carbocycles. The van der Waals surface area contributed by atoms with Gasteiger partial charge < -0.3 is 10.2 Å². The number of halogens is 2. The second-order valence-corrected chi connectivity index (χ2v) is 7.59. The van der Waals surface area contributed by atoms with Gasteiger partial charge in [0.1, 0.15) is 11.9 Å². The van der Waals surface area contributed by atoms with Crippen LogP contribution in [0.5, 0.6) is 0 Å². The molecule has 1 aromatic carbocycles. The SMILES string of the molecule is CC(C)(C)CC(=O)NC1CCN(c2ccc(F)c(Br)c2)C1=O. The van der Waals surface area contributed by atoms with Crippen LogP contribution in [0.4, 0.5) is 10.1 Å². The highest BCUT2D eigenvalue weighted by Gasteiger charge is 2.34. The van der Waals surface area contributed by atoms with Gasteiger partial charge in [0.2, 0.25) is 11.8 Å². The van der Waals surface area contributed by atoms with Crippen molar-refractivity contribution in [3.8, 4) is 0 Å². The summed E-state index contributed by atoms with van der Waals surface area (Å²) in [6, 6.07) is 3.96. The molecule has 1 saturated heterocycles. The van der Waals surface area contributed by atoms with Crippen molar-refractivity contribution >= 4 is 33.4 Å². The summed E-state index contributed by atoms with van der Waals surface area (Å²) in [5.74, 6) is -0.640. The van der Waals surface area contributed by atoms with E-state index in [9.17, 15) is 14.0 Å². The lowest BCUT2D eigenvalue weighted by atomic mass is 9.92. The third-order valence-electron chi connectivity index (χ3n) is 3.45. The summed E-state index contributed by atoms with van der Waals surface area (Å²) in [7, 11) is 0. The minimum atomic E-state index is -0.501. The zero-order chi connectivity index (χ0) is 16.5. The molecule has 4 nitrogen and oxygen atoms in total. The summed E-state index contributed by atoms with van der Waals surface area (Å²) >= 11 is 3.12. The summed E-state index contributed by atoms with van der Waals surface area (Å²) in [6.07, 6.45) is 0.933. The second kappa shape index (κ2) is 6.36. The van der Waals surface area contributed by atoms with E-state index in [2.05, 4.69) is 21.2 Å². The minimum absolute atomic E-state index is 0.118. The third kappa shape index (κ3) is 4.06. The van der Waals surface area contributed by atoms with Gasteiger partial charge in [0.25, 0.3) is 0 Å². The van der Waals surface area contributed by atoms with Gasteiger partial charge in [-0.1, -0.05) is 20.8 Å². The van der Waals surface area contributed by atoms with Gasteiger partial charge in [-0.05, 0) is 46.0 Å². The Hall–Kier alpha value is -1.43. The van der Waals surface area contributed by atoms with Crippen molar-refractivity contribution in [2.45, 2.75) is 39.7 Å². The predicted molar refractivity (Wildman–Crippen MR) is 87.1 cm³/mol. The zero-order valence-electron chi connectivity index (χ0n) is 13.0. The summed E-state index contributed by atoms with van der Waals surface area (Å²) in [5.41, 5.74) is 0.513. The first kappa shape index (κ1) is 16.9. The Kier molecular flexibility index (Phi) is 4.90. The van der Waals surface area contributed by atoms with Crippen molar-refractivity contribution in [2.75, 3.05) is 11.4 Å². The van der Waals surface area contributed by atoms with Gasteiger partial charge in [-0.15, -0.1) is 0 Å². The highest BCUT2D eigenvalue weighted by Crippen LogP contribution is 2.27. The van der Waals surface area contributed by atoms with E-state index in [1.807, 2.05) is 20.8 Å². The van der Waals surface area contributed by atoms with Crippen LogP contribution in [0, 0.1) is 11.2 Å². The van der Waals surface area contributed by atoms with Crippen molar-refractivity contribution in [2.24, 2.45) is 5.41 Å². The fourth-order valence-electron chi connectivity index (χ4n) is 2.45. The molecule has 22 heavy (non-hydrogen) atoms. The van der Waals surface area contributed by atoms with Gasteiger partial charge in [-0.25, -0.2) is 4.39 Å². The molecule has 1 fully saturated rings. The highest BCUT2D eigenvalue weighted by molar-refractivity contribution is 9.10. The number of nitrogens with zero attached hydrogens (tertiary/aromatic N) is 1. The quantitative estimate of drug-likeness (QED) is 0.887. The molecule has 1 aliphatic heterocycles. The first-order valence-corrected chi connectivity index (χ1v) is 8.02. The average molecular weight is 371 g/mol. The second-order valence-electron chi connectivity index (χ2n) is 6.73. The first-order chi connectivity index (χ1) is 10.2. The van der Waals surface area contributed by atoms with Crippen molar-refractivity contribution in [3.05, 3.63) is 28.5 Å². The van der Waals surface area contributed by atoms with E-state index >= 15 is 0 Å². The van der Waals surface area contributed by atoms with Crippen molar-refractivity contribution in [1.82, 2.24) is 5.32 Å². The van der Waals surface area contributed by atoms with E-state index in [0.29, 0.717) is 29.5 Å². The molecule has 0 aliphatic carbocycles. The van der Waals surface area contributed by atoms with Crippen LogP contribution in [-0.4, -0.2) is 24.4 Å². The van der Waals surface area contributed by atoms with E-state index in [1.54, 1.807) is 17.0 Å². The number of hydrogen-bond acceptors (Lipinski definition) is 2. The lowest BCUT2D eigenvalue weighted by Gasteiger charge is -2.20. The normalized spacial score (nSPS) is 18.7. The van der Waals surface area contributed by atoms with E-state index in [4.69, 9.17) is 0 Å². The van der Waals surface area contributed by atoms with Gasteiger partial charge in [0.05, 0.1) is 4.47 Å². The number of hydrogen-bond donors (Lipinski definition) is 1. The summed E-state index contributed by atoms with van der Waals surface area (Å²) in [4.78, 5) is 25.9. The molecule has 0 radical (unpaired) electrons. The van der Waals surface area contributed by atoms with Crippen LogP contribution in [0.25, 0.3) is 0 Å². The molecule has 0 bridgehead atoms. The van der Waals surface area contributed by atoms with Crippen LogP contribution in [0.1, 0.15) is 33.6 Å². The van der Waals surface area contributed by atoms with E-state index in [0.717, 1.165) is 0 Å². The van der Waals surface area contributed by atoms with Crippen molar-refractivity contribution < 1.29 is 14.0 Å². The standard InChI is InChI=1S/C16H20BrFN2O2/c1-16(2,3)9-14(21)19-13-6-7-20(15(13)22)10-4-5-12(18)11(17)8-10/h4-5,8,13H,6-7,9H2,1-3H3,(H,19,21). The zero-order valence-corrected chi connectivity index (χ0v) is 14.5. The Bertz CT molecular complexity index is 598. The van der Waals surface area contributed by atoms with Gasteiger partial charge >= 0.3 is 0 Å². The Balaban J connectivity index is 2.03. The molecule has 0 spiro atoms. The van der Waals surface area contributed by atoms with Crippen LogP contribution in [0.15, 0.2) is 22.7 Å². The Morgan fingerprint density at radius 2 is 2.14 bits per heavy atom. The third-order valence-corrected chi connectivity index (χ3v) is 4.05. The lowest BCUT2D eigenvalue weighted by Crippen LogP contribution is -2.42. The van der Waals surface area contributed by atoms with Gasteiger partial charge in [-0.2, -0.15) is 0 Å². The number of carbonyl (C=O) groups excluding carboxylic acids is 2. The molecule has 6 heteroatoms. The number of carbonyl (C=O) groups is 2. The molecule has 2 rings (SSSR count). The van der Waals surface area contributed by atoms with E-state index < -0.39 is 6.04 Å². The largest absolute Gasteiger partial charge is 0.344 e. The number of amides is 2. The van der Waals surface area contributed by atoms with Crippen LogP contribution in [-0.2, 0) is 9.59 Å². The highest BCUT2D eigenvalue weighted by atomic mass is 79.9. The summed E-state index contributed by atoms with van der Waals surface area (Å²) < 4.78 is 13.6. The molecule has 2 amide bonds. The molecule has 1 aromatic rings. The maximum atomic E-state index is 13.3. The Morgan fingerprint density at radius 1 is 1.45 bits per heavy atom. The summed E-state index contributed by atoms with van der Waals surface area (Å²) in [6.45, 7) is 6.44. The van der Waals surface area contributed by atoms with Gasteiger partial charge in [-0.3, -0.25) is 9.59 Å². The van der Waals surface area contributed by atoms with Crippen LogP contribution in [0.3, 0.4) is 0 Å². The Labute approximate surface area is 138 Å². The molecule has 1 unspecified atom stereocenters. The topological polar surface area (TPSA) is 49.4 Å². The van der Waals surface area contributed by atoms with E-state index in [1.165, 1.54) is 6.07 Å². The lowest BCUT2D eigenvalue weighted by molar-refractivity contribution is -0.127. The molecule has 120 valence electrons. The fourth-order valence-corrected chi connectivity index (χ4v) is 2.82. The molecule has 1 N–H and O–H groups in total. The fraction of sp³-hybridized carbons (Fsp3) is 0.500. The number of rotatable bonds is 3. The van der Waals surface area contributed by atoms with Gasteiger partial charge in [0.15, 0.2) is 0 Å². The number of anilines is 1. The van der Waals surface area contributed by atoms with Crippen LogP contribution >= 0.6 is 15.9 Å². The molecular formula is C16H20BrFN2O2. The predicted octanol–water partition coefficient (Wildman–Crippen LogP) is 3.25. The maximum absolute atomic E-state index is 13.3. The molecule has 0 aromatic heterocycles. The van der Waals surface area contributed by atoms with Crippen molar-refractivity contribution in [3.63, 3.8) is 0 Å². The van der Waals surface area contributed by atoms with Gasteiger partial charge in [0, 0.05) is 18.7 Å².